The maximum Gasteiger partial charge on any atom is -0.0163 e. The van der Waals surface area contributed by atoms with Crippen molar-refractivity contribution in [2.75, 3.05) is 0 Å². The Morgan fingerprint density at radius 1 is 0.412 bits per heavy atom. The van der Waals surface area contributed by atoms with Crippen molar-refractivity contribution >= 4 is 0 Å². The molecule has 0 aromatic rings. The molecular weight excluding hydrogens is 204 g/mol. The lowest BCUT2D eigenvalue weighted by Crippen LogP contribution is -1.77. The van der Waals surface area contributed by atoms with Crippen LogP contribution in [-0.2, 0) is 0 Å². The molecule has 0 bridgehead atoms. The summed E-state index contributed by atoms with van der Waals surface area (Å²) in [6.07, 6.45) is 30.5. The minimum absolute atomic E-state index is 1.14. The van der Waals surface area contributed by atoms with E-state index in [1.165, 1.54) is 38.5 Å². The minimum Gasteiger partial charge on any atom is -0.0885 e. The average molecular weight is 228 g/mol. The first-order chi connectivity index (χ1) is 8.50. The van der Waals surface area contributed by atoms with Crippen LogP contribution in [-0.4, -0.2) is 0 Å². The Morgan fingerprint density at radius 2 is 0.882 bits per heavy atom. The van der Waals surface area contributed by atoms with Gasteiger partial charge in [0.2, 0.25) is 0 Å². The Labute approximate surface area is 106 Å². The standard InChI is InChI=1S/C6H10.C6H8.C5H6/c2*1-2-4-6-5-3-1;1-2-4-5-3-1/h1-2H,3-6H2;1-4H,5-6H2;1-4H,5H2. The fourth-order valence-corrected chi connectivity index (χ4v) is 1.69. The highest BCUT2D eigenvalue weighted by molar-refractivity contribution is 5.12. The van der Waals surface area contributed by atoms with Gasteiger partial charge in [0.15, 0.2) is 0 Å². The number of allylic oxidation sites excluding steroid dienone is 10. The highest BCUT2D eigenvalue weighted by atomic mass is 13.9. The zero-order chi connectivity index (χ0) is 12.0. The van der Waals surface area contributed by atoms with Crippen LogP contribution in [0, 0.1) is 0 Å². The lowest BCUT2D eigenvalue weighted by Gasteiger charge is -1.97. The SMILES string of the molecule is C1=CCC=C1.C1=CCCC=C1.C1=CCCCC1. The Balaban J connectivity index is 0.000000128. The first-order valence-corrected chi connectivity index (χ1v) is 6.78. The van der Waals surface area contributed by atoms with Crippen LogP contribution >= 0.6 is 0 Å². The second-order valence-electron chi connectivity index (χ2n) is 4.28. The largest absolute Gasteiger partial charge is 0.0885 e. The summed E-state index contributed by atoms with van der Waals surface area (Å²) in [6, 6.07) is 0. The first kappa shape index (κ1) is 13.8. The summed E-state index contributed by atoms with van der Waals surface area (Å²) in [7, 11) is 0. The van der Waals surface area contributed by atoms with Gasteiger partial charge in [0.1, 0.15) is 0 Å². The molecule has 0 nitrogen and oxygen atoms in total. The number of rotatable bonds is 0. The summed E-state index contributed by atoms with van der Waals surface area (Å²) >= 11 is 0. The smallest absolute Gasteiger partial charge is 0.0163 e. The van der Waals surface area contributed by atoms with Gasteiger partial charge in [-0.3, -0.25) is 0 Å². The van der Waals surface area contributed by atoms with Crippen molar-refractivity contribution in [1.82, 2.24) is 0 Å². The Kier molecular flexibility index (Phi) is 9.06. The zero-order valence-corrected chi connectivity index (χ0v) is 10.7. The van der Waals surface area contributed by atoms with Crippen molar-refractivity contribution in [2.45, 2.75) is 44.9 Å². The zero-order valence-electron chi connectivity index (χ0n) is 10.7. The van der Waals surface area contributed by atoms with E-state index in [9.17, 15) is 0 Å². The molecule has 0 aromatic heterocycles. The maximum absolute atomic E-state index is 2.27. The molecule has 0 atom stereocenters. The van der Waals surface area contributed by atoms with Crippen LogP contribution in [0.25, 0.3) is 0 Å². The third-order valence-electron chi connectivity index (χ3n) is 2.70. The van der Waals surface area contributed by atoms with Gasteiger partial charge in [-0.2, -0.15) is 0 Å². The fraction of sp³-hybridized carbons (Fsp3) is 0.412. The molecule has 0 N–H and O–H groups in total. The van der Waals surface area contributed by atoms with Crippen LogP contribution in [0.1, 0.15) is 44.9 Å². The van der Waals surface area contributed by atoms with Crippen molar-refractivity contribution < 1.29 is 0 Å². The van der Waals surface area contributed by atoms with Crippen molar-refractivity contribution in [1.29, 1.82) is 0 Å². The van der Waals surface area contributed by atoms with E-state index in [0.29, 0.717) is 0 Å². The monoisotopic (exact) mass is 228 g/mol. The molecule has 3 aliphatic rings. The number of hydrogen-bond donors (Lipinski definition) is 0. The van der Waals surface area contributed by atoms with E-state index in [4.69, 9.17) is 0 Å². The molecule has 0 unspecified atom stereocenters. The Morgan fingerprint density at radius 3 is 1.06 bits per heavy atom. The van der Waals surface area contributed by atoms with Crippen LogP contribution in [0.4, 0.5) is 0 Å². The normalized spacial score (nSPS) is 19.3. The Bertz CT molecular complexity index is 270. The summed E-state index contributed by atoms with van der Waals surface area (Å²) in [4.78, 5) is 0. The van der Waals surface area contributed by atoms with Crippen molar-refractivity contribution in [3.63, 3.8) is 0 Å². The first-order valence-electron chi connectivity index (χ1n) is 6.78. The van der Waals surface area contributed by atoms with E-state index >= 15 is 0 Å². The fourth-order valence-electron chi connectivity index (χ4n) is 1.69. The van der Waals surface area contributed by atoms with E-state index in [2.05, 4.69) is 60.8 Å². The van der Waals surface area contributed by atoms with E-state index in [0.717, 1.165) is 6.42 Å². The minimum atomic E-state index is 1.14. The summed E-state index contributed by atoms with van der Waals surface area (Å²) in [5.41, 5.74) is 0. The summed E-state index contributed by atoms with van der Waals surface area (Å²) in [5, 5.41) is 0. The van der Waals surface area contributed by atoms with Gasteiger partial charge in [0, 0.05) is 0 Å². The number of hydrogen-bond acceptors (Lipinski definition) is 0. The average Bonchev–Trinajstić information content (AvgIpc) is 3.03. The van der Waals surface area contributed by atoms with Crippen molar-refractivity contribution in [2.24, 2.45) is 0 Å². The predicted octanol–water partition coefficient (Wildman–Crippen LogP) is 5.51. The highest BCUT2D eigenvalue weighted by Gasteiger charge is 1.87. The molecule has 0 aromatic carbocycles. The molecule has 0 aliphatic heterocycles. The molecular formula is C17H24. The molecule has 0 spiro atoms. The molecule has 0 fully saturated rings. The van der Waals surface area contributed by atoms with Crippen molar-refractivity contribution in [3.05, 3.63) is 60.8 Å². The second kappa shape index (κ2) is 11.2. The maximum atomic E-state index is 2.27. The summed E-state index contributed by atoms with van der Waals surface area (Å²) < 4.78 is 0. The van der Waals surface area contributed by atoms with Crippen LogP contribution < -0.4 is 0 Å². The quantitative estimate of drug-likeness (QED) is 0.479. The molecule has 92 valence electrons. The molecule has 3 aliphatic carbocycles. The molecule has 0 heterocycles. The van der Waals surface area contributed by atoms with Crippen LogP contribution in [0.5, 0.6) is 0 Å². The second-order valence-corrected chi connectivity index (χ2v) is 4.28. The predicted molar refractivity (Wildman–Crippen MR) is 78.0 cm³/mol. The Hall–Kier alpha value is -1.30. The third kappa shape index (κ3) is 9.62. The van der Waals surface area contributed by atoms with Gasteiger partial charge in [-0.15, -0.1) is 0 Å². The van der Waals surface area contributed by atoms with Crippen LogP contribution in [0.15, 0.2) is 60.8 Å². The molecule has 0 radical (unpaired) electrons. The van der Waals surface area contributed by atoms with Gasteiger partial charge in [-0.1, -0.05) is 60.8 Å². The molecule has 0 saturated carbocycles. The highest BCUT2D eigenvalue weighted by Crippen LogP contribution is 2.07. The lowest BCUT2D eigenvalue weighted by molar-refractivity contribution is 0.730. The van der Waals surface area contributed by atoms with Gasteiger partial charge in [-0.05, 0) is 44.9 Å². The van der Waals surface area contributed by atoms with Gasteiger partial charge < -0.3 is 0 Å². The van der Waals surface area contributed by atoms with Crippen molar-refractivity contribution in [3.8, 4) is 0 Å². The topological polar surface area (TPSA) is 0 Å². The summed E-state index contributed by atoms with van der Waals surface area (Å²) in [6.45, 7) is 0. The molecule has 17 heavy (non-hydrogen) atoms. The molecule has 3 rings (SSSR count). The van der Waals surface area contributed by atoms with Crippen LogP contribution in [0.2, 0.25) is 0 Å². The van der Waals surface area contributed by atoms with Gasteiger partial charge in [-0.25, -0.2) is 0 Å². The van der Waals surface area contributed by atoms with Gasteiger partial charge >= 0.3 is 0 Å². The van der Waals surface area contributed by atoms with Gasteiger partial charge in [0.05, 0.1) is 0 Å². The van der Waals surface area contributed by atoms with Crippen LogP contribution in [0.3, 0.4) is 0 Å². The lowest BCUT2D eigenvalue weighted by atomic mass is 10.1. The van der Waals surface area contributed by atoms with E-state index in [1.807, 2.05) is 0 Å². The van der Waals surface area contributed by atoms with E-state index in [1.54, 1.807) is 0 Å². The third-order valence-corrected chi connectivity index (χ3v) is 2.70. The van der Waals surface area contributed by atoms with Gasteiger partial charge in [0.25, 0.3) is 0 Å². The molecule has 0 saturated heterocycles. The van der Waals surface area contributed by atoms with E-state index in [-0.39, 0.29) is 0 Å². The van der Waals surface area contributed by atoms with E-state index < -0.39 is 0 Å². The molecule has 0 heteroatoms. The summed E-state index contributed by atoms with van der Waals surface area (Å²) in [5.74, 6) is 0. The molecule has 0 amide bonds.